The van der Waals surface area contributed by atoms with Crippen molar-refractivity contribution in [1.29, 1.82) is 0 Å². The number of unbranched alkanes of at least 4 members (excludes halogenated alkanes) is 2. The lowest BCUT2D eigenvalue weighted by Gasteiger charge is -2.12. The van der Waals surface area contributed by atoms with E-state index in [0.29, 0.717) is 5.69 Å². The summed E-state index contributed by atoms with van der Waals surface area (Å²) in [6.07, 6.45) is 3.35. The van der Waals surface area contributed by atoms with Gasteiger partial charge in [0.2, 0.25) is 0 Å². The monoisotopic (exact) mass is 227 g/mol. The van der Waals surface area contributed by atoms with Crippen molar-refractivity contribution in [3.05, 3.63) is 11.4 Å². The highest BCUT2D eigenvalue weighted by Crippen LogP contribution is 2.19. The molecular weight excluding hydrogens is 206 g/mol. The van der Waals surface area contributed by atoms with Gasteiger partial charge in [0.1, 0.15) is 5.69 Å². The molecule has 0 aliphatic carbocycles. The van der Waals surface area contributed by atoms with E-state index in [1.807, 2.05) is 11.6 Å². The van der Waals surface area contributed by atoms with Crippen LogP contribution < -0.4 is 0 Å². The van der Waals surface area contributed by atoms with E-state index in [1.165, 1.54) is 12.8 Å². The molecule has 1 unspecified atom stereocenters. The summed E-state index contributed by atoms with van der Waals surface area (Å²) >= 11 is 0. The number of ether oxygens (including phenoxy) is 1. The third kappa shape index (κ3) is 3.02. The van der Waals surface area contributed by atoms with Crippen LogP contribution in [0.4, 0.5) is 0 Å². The van der Waals surface area contributed by atoms with Crippen LogP contribution in [0.1, 0.15) is 50.6 Å². The molecule has 16 heavy (non-hydrogen) atoms. The van der Waals surface area contributed by atoms with Crippen LogP contribution in [0.25, 0.3) is 0 Å². The first-order chi connectivity index (χ1) is 7.74. The molecular formula is C11H21N3O2. The van der Waals surface area contributed by atoms with Crippen LogP contribution in [-0.4, -0.2) is 27.2 Å². The summed E-state index contributed by atoms with van der Waals surface area (Å²) in [4.78, 5) is 0. The van der Waals surface area contributed by atoms with Crippen LogP contribution in [0.15, 0.2) is 0 Å². The standard InChI is InChI=1S/C11H21N3O2/c1-4-5-6-7-14-11(9(2)16-3)10(8-15)12-13-14/h9,15H,4-8H2,1-3H3. The van der Waals surface area contributed by atoms with Crippen molar-refractivity contribution in [2.75, 3.05) is 7.11 Å². The molecule has 0 spiro atoms. The molecule has 0 fully saturated rings. The number of hydrogen-bond donors (Lipinski definition) is 1. The Bertz CT molecular complexity index is 312. The Labute approximate surface area is 96.4 Å². The molecule has 1 aromatic rings. The lowest BCUT2D eigenvalue weighted by molar-refractivity contribution is 0.108. The van der Waals surface area contributed by atoms with Gasteiger partial charge in [0.25, 0.3) is 0 Å². The Morgan fingerprint density at radius 3 is 2.75 bits per heavy atom. The van der Waals surface area contributed by atoms with Gasteiger partial charge in [-0.25, -0.2) is 4.68 Å². The van der Waals surface area contributed by atoms with Gasteiger partial charge in [-0.2, -0.15) is 0 Å². The largest absolute Gasteiger partial charge is 0.390 e. The third-order valence-electron chi connectivity index (χ3n) is 2.71. The van der Waals surface area contributed by atoms with Crippen molar-refractivity contribution in [2.45, 2.75) is 52.4 Å². The fraction of sp³-hybridized carbons (Fsp3) is 0.818. The fourth-order valence-electron chi connectivity index (χ4n) is 1.70. The van der Waals surface area contributed by atoms with Crippen molar-refractivity contribution >= 4 is 0 Å². The van der Waals surface area contributed by atoms with Gasteiger partial charge in [-0.3, -0.25) is 0 Å². The molecule has 0 saturated carbocycles. The molecule has 0 radical (unpaired) electrons. The highest BCUT2D eigenvalue weighted by molar-refractivity contribution is 5.11. The van der Waals surface area contributed by atoms with Gasteiger partial charge >= 0.3 is 0 Å². The highest BCUT2D eigenvalue weighted by Gasteiger charge is 2.17. The van der Waals surface area contributed by atoms with E-state index >= 15 is 0 Å². The van der Waals surface area contributed by atoms with E-state index in [-0.39, 0.29) is 12.7 Å². The number of aryl methyl sites for hydroxylation is 1. The average Bonchev–Trinajstić information content (AvgIpc) is 2.71. The summed E-state index contributed by atoms with van der Waals surface area (Å²) in [5, 5.41) is 17.2. The molecule has 1 aromatic heterocycles. The molecule has 0 aromatic carbocycles. The summed E-state index contributed by atoms with van der Waals surface area (Å²) in [7, 11) is 1.65. The van der Waals surface area contributed by atoms with Gasteiger partial charge in [0.05, 0.1) is 18.4 Å². The van der Waals surface area contributed by atoms with Crippen LogP contribution >= 0.6 is 0 Å². The van der Waals surface area contributed by atoms with Crippen molar-refractivity contribution in [3.63, 3.8) is 0 Å². The van der Waals surface area contributed by atoms with E-state index in [0.717, 1.165) is 18.7 Å². The minimum absolute atomic E-state index is 0.0845. The van der Waals surface area contributed by atoms with Crippen molar-refractivity contribution < 1.29 is 9.84 Å². The van der Waals surface area contributed by atoms with Gasteiger partial charge in [-0.1, -0.05) is 25.0 Å². The summed E-state index contributed by atoms with van der Waals surface area (Å²) < 4.78 is 7.11. The summed E-state index contributed by atoms with van der Waals surface area (Å²) in [6, 6.07) is 0. The normalized spacial score (nSPS) is 13.0. The van der Waals surface area contributed by atoms with Gasteiger partial charge in [-0.05, 0) is 13.3 Å². The zero-order chi connectivity index (χ0) is 12.0. The van der Waals surface area contributed by atoms with Crippen molar-refractivity contribution in [2.24, 2.45) is 0 Å². The van der Waals surface area contributed by atoms with Gasteiger partial charge in [-0.15, -0.1) is 5.10 Å². The highest BCUT2D eigenvalue weighted by atomic mass is 16.5. The van der Waals surface area contributed by atoms with Crippen LogP contribution in [0.2, 0.25) is 0 Å². The Kier molecular flexibility index (Phi) is 5.42. The smallest absolute Gasteiger partial charge is 0.114 e. The van der Waals surface area contributed by atoms with Crippen LogP contribution in [0.5, 0.6) is 0 Å². The lowest BCUT2D eigenvalue weighted by atomic mass is 10.2. The molecule has 1 N–H and O–H groups in total. The maximum absolute atomic E-state index is 9.18. The SMILES string of the molecule is CCCCCn1nnc(CO)c1C(C)OC. The first kappa shape index (κ1) is 13.1. The van der Waals surface area contributed by atoms with Crippen molar-refractivity contribution in [3.8, 4) is 0 Å². The molecule has 0 amide bonds. The molecule has 1 atom stereocenters. The van der Waals surface area contributed by atoms with Gasteiger partial charge in [0.15, 0.2) is 0 Å². The first-order valence-electron chi connectivity index (χ1n) is 5.80. The molecule has 5 nitrogen and oxygen atoms in total. The van der Waals surface area contributed by atoms with E-state index in [9.17, 15) is 5.11 Å². The second-order valence-electron chi connectivity index (χ2n) is 3.89. The second kappa shape index (κ2) is 6.60. The number of hydrogen-bond acceptors (Lipinski definition) is 4. The average molecular weight is 227 g/mol. The molecule has 0 saturated heterocycles. The number of aromatic nitrogens is 3. The Balaban J connectivity index is 2.78. The molecule has 0 aliphatic rings. The zero-order valence-corrected chi connectivity index (χ0v) is 10.3. The Morgan fingerprint density at radius 2 is 2.19 bits per heavy atom. The topological polar surface area (TPSA) is 60.2 Å². The maximum atomic E-state index is 9.18. The predicted molar refractivity (Wildman–Crippen MR) is 60.9 cm³/mol. The molecule has 0 bridgehead atoms. The van der Waals surface area contributed by atoms with Crippen molar-refractivity contribution in [1.82, 2.24) is 15.0 Å². The minimum atomic E-state index is -0.0865. The summed E-state index contributed by atoms with van der Waals surface area (Å²) in [5.74, 6) is 0. The molecule has 0 aliphatic heterocycles. The second-order valence-corrected chi connectivity index (χ2v) is 3.89. The number of methoxy groups -OCH3 is 1. The maximum Gasteiger partial charge on any atom is 0.114 e. The Morgan fingerprint density at radius 1 is 1.44 bits per heavy atom. The van der Waals surface area contributed by atoms with Gasteiger partial charge < -0.3 is 9.84 Å². The van der Waals surface area contributed by atoms with Gasteiger partial charge in [0, 0.05) is 13.7 Å². The van der Waals surface area contributed by atoms with Crippen LogP contribution in [-0.2, 0) is 17.9 Å². The number of aliphatic hydroxyl groups is 1. The van der Waals surface area contributed by atoms with E-state index < -0.39 is 0 Å². The quantitative estimate of drug-likeness (QED) is 0.720. The Hall–Kier alpha value is -0.940. The number of rotatable bonds is 7. The summed E-state index contributed by atoms with van der Waals surface area (Å²) in [6.45, 7) is 4.86. The fourth-order valence-corrected chi connectivity index (χ4v) is 1.70. The number of aliphatic hydroxyl groups excluding tert-OH is 1. The van der Waals surface area contributed by atoms with E-state index in [2.05, 4.69) is 17.2 Å². The molecule has 1 heterocycles. The van der Waals surface area contributed by atoms with Crippen LogP contribution in [0.3, 0.4) is 0 Å². The van der Waals surface area contributed by atoms with E-state index in [4.69, 9.17) is 4.74 Å². The molecule has 92 valence electrons. The molecule has 5 heteroatoms. The van der Waals surface area contributed by atoms with Crippen LogP contribution in [0, 0.1) is 0 Å². The molecule has 1 rings (SSSR count). The third-order valence-corrected chi connectivity index (χ3v) is 2.71. The zero-order valence-electron chi connectivity index (χ0n) is 10.3. The van der Waals surface area contributed by atoms with E-state index in [1.54, 1.807) is 7.11 Å². The summed E-state index contributed by atoms with van der Waals surface area (Å²) in [5.41, 5.74) is 1.51. The minimum Gasteiger partial charge on any atom is -0.390 e. The number of nitrogens with zero attached hydrogens (tertiary/aromatic N) is 3. The lowest BCUT2D eigenvalue weighted by Crippen LogP contribution is -2.10. The first-order valence-corrected chi connectivity index (χ1v) is 5.80. The predicted octanol–water partition coefficient (Wildman–Crippen LogP) is 1.67.